The Morgan fingerprint density at radius 1 is 0.812 bits per heavy atom. The number of hydrogen-bond acceptors (Lipinski definition) is 2. The summed E-state index contributed by atoms with van der Waals surface area (Å²) in [6.45, 7) is 0. The topological polar surface area (TPSA) is 0 Å². The second-order valence-electron chi connectivity index (χ2n) is 3.36. The molecule has 82 valence electrons. The smallest absolute Gasteiger partial charge is 0.124 e. The zero-order chi connectivity index (χ0) is 11.7. The minimum absolute atomic E-state index is 0.377. The molecule has 0 saturated heterocycles. The van der Waals surface area contributed by atoms with Gasteiger partial charge in [0.25, 0.3) is 0 Å². The lowest BCUT2D eigenvalue weighted by molar-refractivity contribution is 0.623. The first-order chi connectivity index (χ1) is 7.56. The molecule has 0 aromatic heterocycles. The standard InChI is InChI=1S/C12H8F2S2/c13-8-1-2-12(16)11(6-8)7-3-9(14)5-10(15)4-7/h1-6,15-16H. The van der Waals surface area contributed by atoms with Crippen LogP contribution in [-0.4, -0.2) is 0 Å². The van der Waals surface area contributed by atoms with Gasteiger partial charge in [-0.3, -0.25) is 0 Å². The van der Waals surface area contributed by atoms with Crippen molar-refractivity contribution in [2.24, 2.45) is 0 Å². The summed E-state index contributed by atoms with van der Waals surface area (Å²) < 4.78 is 26.3. The molecular formula is C12H8F2S2. The summed E-state index contributed by atoms with van der Waals surface area (Å²) in [5.74, 6) is -0.780. The van der Waals surface area contributed by atoms with Crippen LogP contribution in [0.5, 0.6) is 0 Å². The highest BCUT2D eigenvalue weighted by Gasteiger charge is 2.06. The molecule has 16 heavy (non-hydrogen) atoms. The van der Waals surface area contributed by atoms with E-state index in [1.807, 2.05) is 0 Å². The molecule has 0 radical (unpaired) electrons. The SMILES string of the molecule is Fc1cc(S)cc(-c2cc(F)ccc2S)c1. The number of halogens is 2. The van der Waals surface area contributed by atoms with E-state index in [4.69, 9.17) is 0 Å². The number of thiol groups is 2. The summed E-state index contributed by atoms with van der Waals surface area (Å²) in [5.41, 5.74) is 1.12. The predicted molar refractivity (Wildman–Crippen MR) is 66.3 cm³/mol. The molecule has 0 aliphatic rings. The largest absolute Gasteiger partial charge is 0.207 e. The van der Waals surface area contributed by atoms with E-state index in [-0.39, 0.29) is 5.82 Å². The number of hydrogen-bond donors (Lipinski definition) is 2. The maximum Gasteiger partial charge on any atom is 0.124 e. The predicted octanol–water partition coefficient (Wildman–Crippen LogP) is 4.21. The molecule has 0 spiro atoms. The number of benzene rings is 2. The fraction of sp³-hybridized carbons (Fsp3) is 0. The summed E-state index contributed by atoms with van der Waals surface area (Å²) in [6.07, 6.45) is 0. The van der Waals surface area contributed by atoms with Crippen LogP contribution in [0.2, 0.25) is 0 Å². The molecule has 0 N–H and O–H groups in total. The normalized spacial score (nSPS) is 10.5. The molecule has 0 amide bonds. The summed E-state index contributed by atoms with van der Waals surface area (Å²) in [6, 6.07) is 8.47. The summed E-state index contributed by atoms with van der Waals surface area (Å²) in [4.78, 5) is 1.09. The van der Waals surface area contributed by atoms with E-state index in [0.29, 0.717) is 20.9 Å². The van der Waals surface area contributed by atoms with Crippen LogP contribution >= 0.6 is 25.3 Å². The van der Waals surface area contributed by atoms with Crippen molar-refractivity contribution in [3.63, 3.8) is 0 Å². The maximum atomic E-state index is 13.2. The Hall–Kier alpha value is -1.00. The highest BCUT2D eigenvalue weighted by atomic mass is 32.1. The fourth-order valence-electron chi connectivity index (χ4n) is 1.47. The van der Waals surface area contributed by atoms with E-state index >= 15 is 0 Å². The van der Waals surface area contributed by atoms with Crippen LogP contribution in [0.1, 0.15) is 0 Å². The Kier molecular flexibility index (Phi) is 3.21. The average Bonchev–Trinajstić information content (AvgIpc) is 2.20. The molecule has 2 rings (SSSR count). The van der Waals surface area contributed by atoms with Gasteiger partial charge in [-0.2, -0.15) is 0 Å². The molecule has 0 nitrogen and oxygen atoms in total. The van der Waals surface area contributed by atoms with Crippen molar-refractivity contribution in [3.05, 3.63) is 48.0 Å². The second-order valence-corrected chi connectivity index (χ2v) is 4.36. The Morgan fingerprint density at radius 3 is 2.25 bits per heavy atom. The molecule has 0 aliphatic heterocycles. The van der Waals surface area contributed by atoms with Crippen LogP contribution in [0.15, 0.2) is 46.2 Å². The first-order valence-electron chi connectivity index (χ1n) is 4.55. The van der Waals surface area contributed by atoms with Gasteiger partial charge in [-0.25, -0.2) is 8.78 Å². The maximum absolute atomic E-state index is 13.2. The minimum atomic E-state index is -0.403. The van der Waals surface area contributed by atoms with E-state index in [1.54, 1.807) is 6.07 Å². The van der Waals surface area contributed by atoms with Crippen molar-refractivity contribution in [1.29, 1.82) is 0 Å². The van der Waals surface area contributed by atoms with Crippen molar-refractivity contribution < 1.29 is 8.78 Å². The van der Waals surface area contributed by atoms with Crippen LogP contribution < -0.4 is 0 Å². The quantitative estimate of drug-likeness (QED) is 0.700. The van der Waals surface area contributed by atoms with Crippen LogP contribution in [0.4, 0.5) is 8.78 Å². The van der Waals surface area contributed by atoms with Gasteiger partial charge in [-0.1, -0.05) is 0 Å². The van der Waals surface area contributed by atoms with Gasteiger partial charge < -0.3 is 0 Å². The molecule has 2 aromatic carbocycles. The Bertz CT molecular complexity index is 518. The minimum Gasteiger partial charge on any atom is -0.207 e. The molecule has 0 aliphatic carbocycles. The summed E-state index contributed by atoms with van der Waals surface area (Å²) in [5, 5.41) is 0. The van der Waals surface area contributed by atoms with Gasteiger partial charge in [0.1, 0.15) is 11.6 Å². The van der Waals surface area contributed by atoms with E-state index in [0.717, 1.165) is 0 Å². The molecule has 0 bridgehead atoms. The molecule has 0 unspecified atom stereocenters. The Labute approximate surface area is 103 Å². The van der Waals surface area contributed by atoms with E-state index in [9.17, 15) is 8.78 Å². The van der Waals surface area contributed by atoms with Gasteiger partial charge in [0.15, 0.2) is 0 Å². The molecule has 0 atom stereocenters. The lowest BCUT2D eigenvalue weighted by Gasteiger charge is -2.06. The van der Waals surface area contributed by atoms with Crippen LogP contribution in [0.25, 0.3) is 11.1 Å². The van der Waals surface area contributed by atoms with Crippen molar-refractivity contribution in [3.8, 4) is 11.1 Å². The van der Waals surface area contributed by atoms with Gasteiger partial charge in [0.2, 0.25) is 0 Å². The Balaban J connectivity index is 2.62. The van der Waals surface area contributed by atoms with Gasteiger partial charge in [-0.15, -0.1) is 25.3 Å². The van der Waals surface area contributed by atoms with Gasteiger partial charge in [-0.05, 0) is 47.5 Å². The molecule has 4 heteroatoms. The molecule has 0 saturated carbocycles. The highest BCUT2D eigenvalue weighted by molar-refractivity contribution is 7.80. The fourth-order valence-corrected chi connectivity index (χ4v) is 2.00. The first-order valence-corrected chi connectivity index (χ1v) is 5.44. The third kappa shape index (κ3) is 2.39. The summed E-state index contributed by atoms with van der Waals surface area (Å²) >= 11 is 8.29. The molecule has 0 heterocycles. The first kappa shape index (κ1) is 11.5. The lowest BCUT2D eigenvalue weighted by Crippen LogP contribution is -1.85. The van der Waals surface area contributed by atoms with Gasteiger partial charge >= 0.3 is 0 Å². The van der Waals surface area contributed by atoms with Crippen LogP contribution in [0, 0.1) is 11.6 Å². The Morgan fingerprint density at radius 2 is 1.56 bits per heavy atom. The zero-order valence-electron chi connectivity index (χ0n) is 8.11. The van der Waals surface area contributed by atoms with E-state index in [1.165, 1.54) is 30.3 Å². The zero-order valence-corrected chi connectivity index (χ0v) is 9.90. The lowest BCUT2D eigenvalue weighted by atomic mass is 10.1. The van der Waals surface area contributed by atoms with Crippen LogP contribution in [0.3, 0.4) is 0 Å². The molecular weight excluding hydrogens is 246 g/mol. The van der Waals surface area contributed by atoms with Crippen molar-refractivity contribution in [2.75, 3.05) is 0 Å². The van der Waals surface area contributed by atoms with Crippen molar-refractivity contribution in [1.82, 2.24) is 0 Å². The van der Waals surface area contributed by atoms with Crippen molar-refractivity contribution in [2.45, 2.75) is 9.79 Å². The second kappa shape index (κ2) is 4.47. The molecule has 2 aromatic rings. The highest BCUT2D eigenvalue weighted by Crippen LogP contribution is 2.29. The monoisotopic (exact) mass is 254 g/mol. The van der Waals surface area contributed by atoms with E-state index in [2.05, 4.69) is 25.3 Å². The molecule has 0 fully saturated rings. The van der Waals surface area contributed by atoms with Crippen molar-refractivity contribution >= 4 is 25.3 Å². The average molecular weight is 254 g/mol. The van der Waals surface area contributed by atoms with Gasteiger partial charge in [0, 0.05) is 9.79 Å². The summed E-state index contributed by atoms with van der Waals surface area (Å²) in [7, 11) is 0. The van der Waals surface area contributed by atoms with E-state index < -0.39 is 5.82 Å². The third-order valence-corrected chi connectivity index (χ3v) is 2.80. The van der Waals surface area contributed by atoms with Crippen LogP contribution in [-0.2, 0) is 0 Å². The third-order valence-electron chi connectivity index (χ3n) is 2.15. The number of rotatable bonds is 1. The van der Waals surface area contributed by atoms with Gasteiger partial charge in [0.05, 0.1) is 0 Å².